The number of carboxylic acids is 1. The summed E-state index contributed by atoms with van der Waals surface area (Å²) in [6, 6.07) is 9.22. The molecule has 0 saturated heterocycles. The summed E-state index contributed by atoms with van der Waals surface area (Å²) >= 11 is 0. The van der Waals surface area contributed by atoms with Gasteiger partial charge < -0.3 is 14.6 Å². The molecule has 17 heavy (non-hydrogen) atoms. The van der Waals surface area contributed by atoms with Crippen LogP contribution in [0.2, 0.25) is 0 Å². The highest BCUT2D eigenvalue weighted by Gasteiger charge is 2.18. The van der Waals surface area contributed by atoms with Gasteiger partial charge in [0.15, 0.2) is 0 Å². The molecule has 0 radical (unpaired) electrons. The van der Waals surface area contributed by atoms with Gasteiger partial charge in [-0.05, 0) is 12.0 Å². The topological polar surface area (TPSA) is 55.8 Å². The zero-order chi connectivity index (χ0) is 12.5. The van der Waals surface area contributed by atoms with E-state index in [0.29, 0.717) is 26.2 Å². The SMILES string of the molecule is COCCOCCC(C(=O)O)c1ccccc1. The van der Waals surface area contributed by atoms with Crippen LogP contribution in [0.5, 0.6) is 0 Å². The molecule has 0 spiro atoms. The standard InChI is InChI=1S/C13H18O4/c1-16-9-10-17-8-7-12(13(14)15)11-5-3-2-4-6-11/h2-6,12H,7-10H2,1H3,(H,14,15). The lowest BCUT2D eigenvalue weighted by Gasteiger charge is -2.12. The molecule has 0 aliphatic carbocycles. The first-order chi connectivity index (χ1) is 8.25. The maximum Gasteiger partial charge on any atom is 0.311 e. The summed E-state index contributed by atoms with van der Waals surface area (Å²) in [7, 11) is 1.60. The zero-order valence-electron chi connectivity index (χ0n) is 9.96. The van der Waals surface area contributed by atoms with Gasteiger partial charge in [-0.25, -0.2) is 0 Å². The van der Waals surface area contributed by atoms with Gasteiger partial charge >= 0.3 is 5.97 Å². The van der Waals surface area contributed by atoms with Gasteiger partial charge in [0.05, 0.1) is 19.1 Å². The van der Waals surface area contributed by atoms with Crippen LogP contribution >= 0.6 is 0 Å². The van der Waals surface area contributed by atoms with E-state index in [-0.39, 0.29) is 0 Å². The van der Waals surface area contributed by atoms with Crippen LogP contribution in [0.4, 0.5) is 0 Å². The van der Waals surface area contributed by atoms with Crippen molar-refractivity contribution in [2.24, 2.45) is 0 Å². The summed E-state index contributed by atoms with van der Waals surface area (Å²) in [4.78, 5) is 11.1. The van der Waals surface area contributed by atoms with Crippen LogP contribution in [0, 0.1) is 0 Å². The first-order valence-electron chi connectivity index (χ1n) is 5.60. The van der Waals surface area contributed by atoms with Crippen LogP contribution in [0.25, 0.3) is 0 Å². The summed E-state index contributed by atoms with van der Waals surface area (Å²) in [5.41, 5.74) is 0.815. The molecule has 0 aliphatic heterocycles. The third-order valence-electron chi connectivity index (χ3n) is 2.48. The molecule has 0 aromatic heterocycles. The summed E-state index contributed by atoms with van der Waals surface area (Å²) in [6.45, 7) is 1.45. The molecule has 4 nitrogen and oxygen atoms in total. The second kappa shape index (κ2) is 7.81. The maximum absolute atomic E-state index is 11.1. The lowest BCUT2D eigenvalue weighted by molar-refractivity contribution is -0.139. The average Bonchev–Trinajstić information content (AvgIpc) is 2.34. The third-order valence-corrected chi connectivity index (χ3v) is 2.48. The van der Waals surface area contributed by atoms with Gasteiger partial charge in [-0.2, -0.15) is 0 Å². The van der Waals surface area contributed by atoms with Crippen LogP contribution in [0.15, 0.2) is 30.3 Å². The lowest BCUT2D eigenvalue weighted by Crippen LogP contribution is -2.15. The van der Waals surface area contributed by atoms with Crippen molar-refractivity contribution >= 4 is 5.97 Å². The monoisotopic (exact) mass is 238 g/mol. The minimum Gasteiger partial charge on any atom is -0.481 e. The minimum absolute atomic E-state index is 0.426. The predicted octanol–water partition coefficient (Wildman–Crippen LogP) is 1.91. The first kappa shape index (κ1) is 13.7. The highest BCUT2D eigenvalue weighted by molar-refractivity contribution is 5.75. The lowest BCUT2D eigenvalue weighted by atomic mass is 9.96. The molecule has 0 saturated carbocycles. The van der Waals surface area contributed by atoms with Crippen molar-refractivity contribution in [3.63, 3.8) is 0 Å². The number of methoxy groups -OCH3 is 1. The van der Waals surface area contributed by atoms with Crippen molar-refractivity contribution in [1.82, 2.24) is 0 Å². The molecule has 0 heterocycles. The van der Waals surface area contributed by atoms with Crippen LogP contribution in [0.3, 0.4) is 0 Å². The Morgan fingerprint density at radius 2 is 1.94 bits per heavy atom. The van der Waals surface area contributed by atoms with Gasteiger partial charge in [-0.3, -0.25) is 4.79 Å². The highest BCUT2D eigenvalue weighted by atomic mass is 16.5. The molecule has 0 bridgehead atoms. The molecule has 1 rings (SSSR count). The van der Waals surface area contributed by atoms with Crippen molar-refractivity contribution in [2.45, 2.75) is 12.3 Å². The summed E-state index contributed by atoms with van der Waals surface area (Å²) in [5, 5.41) is 9.15. The van der Waals surface area contributed by atoms with Crippen molar-refractivity contribution < 1.29 is 19.4 Å². The van der Waals surface area contributed by atoms with Gasteiger partial charge in [-0.1, -0.05) is 30.3 Å². The van der Waals surface area contributed by atoms with Crippen molar-refractivity contribution in [3.8, 4) is 0 Å². The Balaban J connectivity index is 2.42. The smallest absolute Gasteiger partial charge is 0.311 e. The number of hydrogen-bond donors (Lipinski definition) is 1. The quantitative estimate of drug-likeness (QED) is 0.703. The Morgan fingerprint density at radius 3 is 2.53 bits per heavy atom. The van der Waals surface area contributed by atoms with Gasteiger partial charge in [-0.15, -0.1) is 0 Å². The van der Waals surface area contributed by atoms with E-state index in [4.69, 9.17) is 14.6 Å². The Bertz CT molecular complexity index is 323. The Morgan fingerprint density at radius 1 is 1.24 bits per heavy atom. The normalized spacial score (nSPS) is 12.3. The Kier molecular flexibility index (Phi) is 6.29. The maximum atomic E-state index is 11.1. The van der Waals surface area contributed by atoms with E-state index < -0.39 is 11.9 Å². The number of benzene rings is 1. The number of hydrogen-bond acceptors (Lipinski definition) is 3. The average molecular weight is 238 g/mol. The minimum atomic E-state index is -0.813. The zero-order valence-corrected chi connectivity index (χ0v) is 9.96. The fourth-order valence-corrected chi connectivity index (χ4v) is 1.56. The van der Waals surface area contributed by atoms with Crippen molar-refractivity contribution in [1.29, 1.82) is 0 Å². The molecule has 0 amide bonds. The molecule has 0 fully saturated rings. The first-order valence-corrected chi connectivity index (χ1v) is 5.60. The number of carbonyl (C=O) groups is 1. The number of ether oxygens (including phenoxy) is 2. The molecule has 1 atom stereocenters. The van der Waals surface area contributed by atoms with E-state index in [2.05, 4.69) is 0 Å². The van der Waals surface area contributed by atoms with E-state index >= 15 is 0 Å². The highest BCUT2D eigenvalue weighted by Crippen LogP contribution is 2.19. The second-order valence-electron chi connectivity index (χ2n) is 3.70. The van der Waals surface area contributed by atoms with Gasteiger partial charge in [0.25, 0.3) is 0 Å². The summed E-state index contributed by atoms with van der Waals surface area (Å²) in [6.07, 6.45) is 0.475. The van der Waals surface area contributed by atoms with E-state index in [9.17, 15) is 4.79 Å². The summed E-state index contributed by atoms with van der Waals surface area (Å²) in [5.74, 6) is -1.31. The number of carboxylic acid groups (broad SMARTS) is 1. The fourth-order valence-electron chi connectivity index (χ4n) is 1.56. The predicted molar refractivity (Wildman–Crippen MR) is 64.1 cm³/mol. The molecular weight excluding hydrogens is 220 g/mol. The number of rotatable bonds is 8. The molecule has 0 aliphatic rings. The molecule has 1 aromatic carbocycles. The van der Waals surface area contributed by atoms with E-state index in [1.54, 1.807) is 7.11 Å². The Labute approximate surface area is 101 Å². The number of aliphatic carboxylic acids is 1. The van der Waals surface area contributed by atoms with Gasteiger partial charge in [0, 0.05) is 13.7 Å². The molecule has 1 N–H and O–H groups in total. The van der Waals surface area contributed by atoms with Gasteiger partial charge in [0.2, 0.25) is 0 Å². The van der Waals surface area contributed by atoms with Crippen LogP contribution in [-0.2, 0) is 14.3 Å². The fraction of sp³-hybridized carbons (Fsp3) is 0.462. The molecule has 1 aromatic rings. The largest absolute Gasteiger partial charge is 0.481 e. The van der Waals surface area contributed by atoms with Gasteiger partial charge in [0.1, 0.15) is 0 Å². The van der Waals surface area contributed by atoms with Crippen LogP contribution in [0.1, 0.15) is 17.9 Å². The van der Waals surface area contributed by atoms with Crippen molar-refractivity contribution in [3.05, 3.63) is 35.9 Å². The molecule has 94 valence electrons. The Hall–Kier alpha value is -1.39. The molecule has 4 heteroatoms. The summed E-state index contributed by atoms with van der Waals surface area (Å²) < 4.78 is 10.1. The molecular formula is C13H18O4. The van der Waals surface area contributed by atoms with Crippen LogP contribution in [-0.4, -0.2) is 38.0 Å². The van der Waals surface area contributed by atoms with Crippen LogP contribution < -0.4 is 0 Å². The van der Waals surface area contributed by atoms with E-state index in [0.717, 1.165) is 5.56 Å². The second-order valence-corrected chi connectivity index (χ2v) is 3.70. The third kappa shape index (κ3) is 4.97. The van der Waals surface area contributed by atoms with Crippen molar-refractivity contribution in [2.75, 3.05) is 26.9 Å². The van der Waals surface area contributed by atoms with E-state index in [1.807, 2.05) is 30.3 Å². The van der Waals surface area contributed by atoms with E-state index in [1.165, 1.54) is 0 Å². The molecule has 1 unspecified atom stereocenters.